The van der Waals surface area contributed by atoms with Crippen molar-refractivity contribution in [2.75, 3.05) is 0 Å². The molecule has 2 aromatic rings. The molecule has 19 heavy (non-hydrogen) atoms. The summed E-state index contributed by atoms with van der Waals surface area (Å²) in [7, 11) is 0. The quantitative estimate of drug-likeness (QED) is 0.567. The lowest BCUT2D eigenvalue weighted by Gasteiger charge is -2.09. The van der Waals surface area contributed by atoms with Gasteiger partial charge in [-0.2, -0.15) is 0 Å². The molecule has 2 nitrogen and oxygen atoms in total. The van der Waals surface area contributed by atoms with Gasteiger partial charge in [0.2, 0.25) is 0 Å². The lowest BCUT2D eigenvalue weighted by molar-refractivity contribution is 0.979. The Kier molecular flexibility index (Phi) is 3.87. The predicted molar refractivity (Wildman–Crippen MR) is 84.9 cm³/mol. The normalized spacial score (nSPS) is 14.7. The molecule has 0 atom stereocenters. The van der Waals surface area contributed by atoms with Crippen molar-refractivity contribution >= 4 is 55.1 Å². The second-order valence-electron chi connectivity index (χ2n) is 4.44. The molecule has 6 heteroatoms. The van der Waals surface area contributed by atoms with Crippen molar-refractivity contribution in [3.05, 3.63) is 43.0 Å². The van der Waals surface area contributed by atoms with Gasteiger partial charge in [0.25, 0.3) is 0 Å². The summed E-state index contributed by atoms with van der Waals surface area (Å²) in [4.78, 5) is 8.98. The van der Waals surface area contributed by atoms with Crippen molar-refractivity contribution in [1.29, 1.82) is 0 Å². The Morgan fingerprint density at radius 2 is 1.84 bits per heavy atom. The summed E-state index contributed by atoms with van der Waals surface area (Å²) in [6.45, 7) is 0. The van der Waals surface area contributed by atoms with E-state index in [0.717, 1.165) is 33.0 Å². The van der Waals surface area contributed by atoms with E-state index in [2.05, 4.69) is 41.8 Å². The summed E-state index contributed by atoms with van der Waals surface area (Å²) in [5, 5.41) is 1.12. The fourth-order valence-corrected chi connectivity index (χ4v) is 3.39. The number of nitrogens with zero attached hydrogens (tertiary/aromatic N) is 2. The first-order valence-corrected chi connectivity index (χ1v) is 8.09. The summed E-state index contributed by atoms with van der Waals surface area (Å²) in [5.41, 5.74) is 1.89. The first-order chi connectivity index (χ1) is 9.06. The zero-order chi connectivity index (χ0) is 13.6. The number of halogens is 4. The van der Waals surface area contributed by atoms with Crippen LogP contribution in [0.2, 0.25) is 10.2 Å². The third-order valence-electron chi connectivity index (χ3n) is 2.97. The van der Waals surface area contributed by atoms with Crippen LogP contribution in [0.3, 0.4) is 0 Å². The standard InChI is InChI=1S/C13H8Br2Cl2N2/c14-9-5-7(16)3-4-8(9)13-18-11(6-1-2-6)10(15)12(17)19-13/h3-6H,1-2H2. The second-order valence-corrected chi connectivity index (χ2v) is 6.88. The molecule has 1 saturated carbocycles. The van der Waals surface area contributed by atoms with Gasteiger partial charge < -0.3 is 0 Å². The van der Waals surface area contributed by atoms with E-state index in [0.29, 0.717) is 21.9 Å². The Morgan fingerprint density at radius 3 is 2.47 bits per heavy atom. The van der Waals surface area contributed by atoms with E-state index in [1.807, 2.05) is 18.2 Å². The molecule has 1 heterocycles. The van der Waals surface area contributed by atoms with Crippen LogP contribution in [0.4, 0.5) is 0 Å². The maximum Gasteiger partial charge on any atom is 0.162 e. The number of benzene rings is 1. The van der Waals surface area contributed by atoms with Crippen LogP contribution >= 0.6 is 55.1 Å². The molecule has 98 valence electrons. The summed E-state index contributed by atoms with van der Waals surface area (Å²) < 4.78 is 1.67. The SMILES string of the molecule is Clc1ccc(-c2nc(Cl)c(Br)c(C3CC3)n2)c(Br)c1. The third-order valence-corrected chi connectivity index (χ3v) is 5.15. The van der Waals surface area contributed by atoms with Gasteiger partial charge >= 0.3 is 0 Å². The van der Waals surface area contributed by atoms with Gasteiger partial charge in [0.1, 0.15) is 5.15 Å². The van der Waals surface area contributed by atoms with E-state index >= 15 is 0 Å². The first kappa shape index (κ1) is 13.8. The molecule has 0 bridgehead atoms. The van der Waals surface area contributed by atoms with Gasteiger partial charge in [0.15, 0.2) is 5.82 Å². The maximum absolute atomic E-state index is 6.18. The molecule has 1 fully saturated rings. The highest BCUT2D eigenvalue weighted by Gasteiger charge is 2.29. The molecule has 1 aromatic carbocycles. The summed E-state index contributed by atoms with van der Waals surface area (Å²) in [6.07, 6.45) is 2.32. The highest BCUT2D eigenvalue weighted by Crippen LogP contribution is 2.44. The van der Waals surface area contributed by atoms with E-state index in [-0.39, 0.29) is 0 Å². The zero-order valence-electron chi connectivity index (χ0n) is 9.63. The van der Waals surface area contributed by atoms with Gasteiger partial charge in [-0.1, -0.05) is 23.2 Å². The van der Waals surface area contributed by atoms with Gasteiger partial charge in [-0.15, -0.1) is 0 Å². The van der Waals surface area contributed by atoms with Crippen molar-refractivity contribution in [3.63, 3.8) is 0 Å². The van der Waals surface area contributed by atoms with Crippen LogP contribution in [0.5, 0.6) is 0 Å². The van der Waals surface area contributed by atoms with Gasteiger partial charge in [-0.05, 0) is 62.9 Å². The molecule has 0 unspecified atom stereocenters. The van der Waals surface area contributed by atoms with E-state index in [4.69, 9.17) is 23.2 Å². The fraction of sp³-hybridized carbons (Fsp3) is 0.231. The summed E-state index contributed by atoms with van der Waals surface area (Å²) in [5.74, 6) is 1.12. The molecule has 0 amide bonds. The Balaban J connectivity index is 2.14. The first-order valence-electron chi connectivity index (χ1n) is 5.74. The van der Waals surface area contributed by atoms with Crippen LogP contribution in [-0.4, -0.2) is 9.97 Å². The summed E-state index contributed by atoms with van der Waals surface area (Å²) >= 11 is 19.1. The maximum atomic E-state index is 6.18. The van der Waals surface area contributed by atoms with Crippen molar-refractivity contribution < 1.29 is 0 Å². The van der Waals surface area contributed by atoms with Gasteiger partial charge in [-0.3, -0.25) is 0 Å². The summed E-state index contributed by atoms with van der Waals surface area (Å²) in [6, 6.07) is 5.54. The molecule has 1 aliphatic rings. The zero-order valence-corrected chi connectivity index (χ0v) is 14.3. The van der Waals surface area contributed by atoms with Crippen molar-refractivity contribution in [2.24, 2.45) is 0 Å². The lowest BCUT2D eigenvalue weighted by atomic mass is 10.2. The molecule has 0 saturated heterocycles. The molecule has 0 aliphatic heterocycles. The van der Waals surface area contributed by atoms with Crippen molar-refractivity contribution in [1.82, 2.24) is 9.97 Å². The lowest BCUT2D eigenvalue weighted by Crippen LogP contribution is -1.98. The predicted octanol–water partition coefficient (Wildman–Crippen LogP) is 5.85. The molecule has 0 spiro atoms. The van der Waals surface area contributed by atoms with Crippen LogP contribution in [0.15, 0.2) is 27.1 Å². The van der Waals surface area contributed by atoms with E-state index < -0.39 is 0 Å². The van der Waals surface area contributed by atoms with Crippen LogP contribution < -0.4 is 0 Å². The molecular weight excluding hydrogens is 415 g/mol. The van der Waals surface area contributed by atoms with Crippen LogP contribution in [-0.2, 0) is 0 Å². The third kappa shape index (κ3) is 2.82. The highest BCUT2D eigenvalue weighted by molar-refractivity contribution is 9.11. The smallest absolute Gasteiger partial charge is 0.162 e. The molecule has 0 N–H and O–H groups in total. The number of rotatable bonds is 2. The molecular formula is C13H8Br2Cl2N2. The second kappa shape index (κ2) is 5.32. The number of hydrogen-bond donors (Lipinski definition) is 0. The van der Waals surface area contributed by atoms with Crippen LogP contribution in [0, 0.1) is 0 Å². The Labute approximate surface area is 137 Å². The molecule has 1 aromatic heterocycles. The topological polar surface area (TPSA) is 25.8 Å². The van der Waals surface area contributed by atoms with Gasteiger partial charge in [-0.25, -0.2) is 9.97 Å². The van der Waals surface area contributed by atoms with Gasteiger partial charge in [0.05, 0.1) is 10.2 Å². The van der Waals surface area contributed by atoms with Gasteiger partial charge in [0, 0.05) is 21.0 Å². The minimum Gasteiger partial charge on any atom is -0.231 e. The number of aromatic nitrogens is 2. The molecule has 1 aliphatic carbocycles. The van der Waals surface area contributed by atoms with E-state index in [1.165, 1.54) is 0 Å². The Hall–Kier alpha value is -0.160. The number of hydrogen-bond acceptors (Lipinski definition) is 2. The molecule has 0 radical (unpaired) electrons. The molecule has 3 rings (SSSR count). The van der Waals surface area contributed by atoms with Crippen molar-refractivity contribution in [2.45, 2.75) is 18.8 Å². The minimum atomic E-state index is 0.453. The van der Waals surface area contributed by atoms with Crippen LogP contribution in [0.25, 0.3) is 11.4 Å². The Morgan fingerprint density at radius 1 is 1.11 bits per heavy atom. The van der Waals surface area contributed by atoms with E-state index in [1.54, 1.807) is 0 Å². The van der Waals surface area contributed by atoms with Crippen LogP contribution in [0.1, 0.15) is 24.5 Å². The largest absolute Gasteiger partial charge is 0.231 e. The average molecular weight is 423 g/mol. The minimum absolute atomic E-state index is 0.453. The average Bonchev–Trinajstić information content (AvgIpc) is 3.17. The monoisotopic (exact) mass is 420 g/mol. The Bertz CT molecular complexity index is 657. The van der Waals surface area contributed by atoms with E-state index in [9.17, 15) is 0 Å². The van der Waals surface area contributed by atoms with Crippen molar-refractivity contribution in [3.8, 4) is 11.4 Å². The highest BCUT2D eigenvalue weighted by atomic mass is 79.9. The fourth-order valence-electron chi connectivity index (χ4n) is 1.85.